The van der Waals surface area contributed by atoms with E-state index in [1.807, 2.05) is 0 Å². The minimum Gasteiger partial charge on any atom is -0.504 e. The van der Waals surface area contributed by atoms with E-state index < -0.39 is 29.6 Å². The van der Waals surface area contributed by atoms with Crippen molar-refractivity contribution in [2.75, 3.05) is 6.61 Å². The van der Waals surface area contributed by atoms with E-state index in [0.717, 1.165) is 12.1 Å². The third-order valence-corrected chi connectivity index (χ3v) is 1.90. The molecule has 7 heteroatoms. The Labute approximate surface area is 101 Å². The van der Waals surface area contributed by atoms with E-state index in [9.17, 15) is 18.7 Å². The second-order valence-electron chi connectivity index (χ2n) is 3.08. The van der Waals surface area contributed by atoms with Crippen LogP contribution in [0.4, 0.5) is 8.78 Å². The quantitative estimate of drug-likeness (QED) is 0.835. The third-order valence-electron chi connectivity index (χ3n) is 1.90. The molecule has 5 nitrogen and oxygen atoms in total. The lowest BCUT2D eigenvalue weighted by Crippen LogP contribution is -2.11. The number of hydrogen-bond acceptors (Lipinski definition) is 5. The third kappa shape index (κ3) is 3.07. The highest BCUT2D eigenvalue weighted by Crippen LogP contribution is 2.33. The fourth-order valence-corrected chi connectivity index (χ4v) is 1.25. The van der Waals surface area contributed by atoms with Crippen LogP contribution in [0.15, 0.2) is 12.1 Å². The van der Waals surface area contributed by atoms with Gasteiger partial charge in [0.2, 0.25) is 0 Å². The molecule has 0 bridgehead atoms. The normalized spacial score (nSPS) is 9.94. The Kier molecular flexibility index (Phi) is 4.43. The molecule has 1 aromatic carbocycles. The second-order valence-corrected chi connectivity index (χ2v) is 3.08. The van der Waals surface area contributed by atoms with E-state index in [0.29, 0.717) is 0 Å². The highest BCUT2D eigenvalue weighted by molar-refractivity contribution is 5.94. The molecule has 0 radical (unpaired) electrons. The molecule has 0 saturated carbocycles. The van der Waals surface area contributed by atoms with Gasteiger partial charge in [0, 0.05) is 6.07 Å². The molecule has 1 rings (SSSR count). The van der Waals surface area contributed by atoms with Crippen molar-refractivity contribution in [2.45, 2.75) is 13.5 Å². The Bertz CT molecular complexity index is 497. The molecule has 0 spiro atoms. The standard InChI is InChI=1S/C11H9F2NO4/c1-2-17-10(16)7-3-6(5-14)4-8(15)9(7)18-11(12)13/h3-4,11,15H,2H2,1H3. The van der Waals surface area contributed by atoms with Crippen molar-refractivity contribution in [1.82, 2.24) is 0 Å². The van der Waals surface area contributed by atoms with Crippen LogP contribution in [0.25, 0.3) is 0 Å². The van der Waals surface area contributed by atoms with Crippen molar-refractivity contribution in [3.05, 3.63) is 23.3 Å². The molecule has 0 amide bonds. The zero-order valence-corrected chi connectivity index (χ0v) is 9.31. The van der Waals surface area contributed by atoms with Crippen molar-refractivity contribution in [3.63, 3.8) is 0 Å². The van der Waals surface area contributed by atoms with Crippen LogP contribution in [0.5, 0.6) is 11.5 Å². The van der Waals surface area contributed by atoms with Gasteiger partial charge in [-0.25, -0.2) is 4.79 Å². The van der Waals surface area contributed by atoms with E-state index in [4.69, 9.17) is 5.26 Å². The largest absolute Gasteiger partial charge is 0.504 e. The van der Waals surface area contributed by atoms with Crippen molar-refractivity contribution >= 4 is 5.97 Å². The van der Waals surface area contributed by atoms with Gasteiger partial charge in [0.15, 0.2) is 11.5 Å². The maximum atomic E-state index is 12.2. The van der Waals surface area contributed by atoms with Crippen LogP contribution in [0, 0.1) is 11.3 Å². The summed E-state index contributed by atoms with van der Waals surface area (Å²) in [7, 11) is 0. The molecule has 18 heavy (non-hydrogen) atoms. The molecule has 96 valence electrons. The van der Waals surface area contributed by atoms with Crippen LogP contribution >= 0.6 is 0 Å². The Morgan fingerprint density at radius 1 is 1.56 bits per heavy atom. The molecule has 0 aliphatic rings. The summed E-state index contributed by atoms with van der Waals surface area (Å²) in [4.78, 5) is 11.5. The number of carbonyl (C=O) groups excluding carboxylic acids is 1. The molecule has 0 heterocycles. The number of nitriles is 1. The van der Waals surface area contributed by atoms with E-state index in [-0.39, 0.29) is 12.2 Å². The van der Waals surface area contributed by atoms with Crippen LogP contribution in [0.2, 0.25) is 0 Å². The summed E-state index contributed by atoms with van der Waals surface area (Å²) in [5.41, 5.74) is -0.495. The number of hydrogen-bond donors (Lipinski definition) is 1. The molecular formula is C11H9F2NO4. The van der Waals surface area contributed by atoms with Crippen molar-refractivity contribution in [3.8, 4) is 17.6 Å². The minimum atomic E-state index is -3.21. The maximum Gasteiger partial charge on any atom is 0.387 e. The molecule has 0 aliphatic heterocycles. The molecule has 1 aromatic rings. The predicted octanol–water partition coefficient (Wildman–Crippen LogP) is 2.04. The fourth-order valence-electron chi connectivity index (χ4n) is 1.25. The Morgan fingerprint density at radius 3 is 2.72 bits per heavy atom. The lowest BCUT2D eigenvalue weighted by molar-refractivity contribution is -0.0518. The number of ether oxygens (including phenoxy) is 2. The van der Waals surface area contributed by atoms with Gasteiger partial charge in [-0.15, -0.1) is 0 Å². The van der Waals surface area contributed by atoms with Crippen LogP contribution < -0.4 is 4.74 Å². The van der Waals surface area contributed by atoms with Gasteiger partial charge < -0.3 is 14.6 Å². The summed E-state index contributed by atoms with van der Waals surface area (Å²) in [6.45, 7) is -1.67. The predicted molar refractivity (Wildman–Crippen MR) is 55.4 cm³/mol. The number of carbonyl (C=O) groups is 1. The molecule has 0 aromatic heterocycles. The van der Waals surface area contributed by atoms with Gasteiger partial charge in [-0.3, -0.25) is 0 Å². The summed E-state index contributed by atoms with van der Waals surface area (Å²) < 4.78 is 33.0. The maximum absolute atomic E-state index is 12.2. The van der Waals surface area contributed by atoms with Crippen molar-refractivity contribution < 1.29 is 28.2 Å². The number of phenolic OH excluding ortho intramolecular Hbond substituents is 1. The van der Waals surface area contributed by atoms with E-state index in [1.54, 1.807) is 6.07 Å². The van der Waals surface area contributed by atoms with Gasteiger partial charge in [0.25, 0.3) is 0 Å². The zero-order chi connectivity index (χ0) is 13.7. The highest BCUT2D eigenvalue weighted by Gasteiger charge is 2.22. The highest BCUT2D eigenvalue weighted by atomic mass is 19.3. The second kappa shape index (κ2) is 5.82. The summed E-state index contributed by atoms with van der Waals surface area (Å²) in [6.07, 6.45) is 0. The molecule has 0 atom stereocenters. The summed E-state index contributed by atoms with van der Waals surface area (Å²) in [6, 6.07) is 3.60. The Hall–Kier alpha value is -2.36. The number of benzene rings is 1. The smallest absolute Gasteiger partial charge is 0.387 e. The monoisotopic (exact) mass is 257 g/mol. The number of esters is 1. The van der Waals surface area contributed by atoms with Crippen LogP contribution in [0.1, 0.15) is 22.8 Å². The van der Waals surface area contributed by atoms with E-state index >= 15 is 0 Å². The molecular weight excluding hydrogens is 248 g/mol. The molecule has 0 aliphatic carbocycles. The minimum absolute atomic E-state index is 0.0183. The molecule has 0 unspecified atom stereocenters. The first-order valence-corrected chi connectivity index (χ1v) is 4.88. The van der Waals surface area contributed by atoms with Gasteiger partial charge in [0.05, 0.1) is 18.2 Å². The van der Waals surface area contributed by atoms with E-state index in [2.05, 4.69) is 9.47 Å². The Balaban J connectivity index is 3.29. The number of rotatable bonds is 4. The number of halogens is 2. The molecule has 1 N–H and O–H groups in total. The van der Waals surface area contributed by atoms with Gasteiger partial charge in [0.1, 0.15) is 5.56 Å². The number of phenols is 1. The SMILES string of the molecule is CCOC(=O)c1cc(C#N)cc(O)c1OC(F)F. The number of nitrogens with zero attached hydrogens (tertiary/aromatic N) is 1. The number of aromatic hydroxyl groups is 1. The van der Waals surface area contributed by atoms with Gasteiger partial charge in [-0.1, -0.05) is 0 Å². The summed E-state index contributed by atoms with van der Waals surface area (Å²) in [5.74, 6) is -2.39. The van der Waals surface area contributed by atoms with E-state index in [1.165, 1.54) is 6.92 Å². The Morgan fingerprint density at radius 2 is 2.22 bits per heavy atom. The lowest BCUT2D eigenvalue weighted by Gasteiger charge is -2.11. The van der Waals surface area contributed by atoms with Gasteiger partial charge in [-0.05, 0) is 13.0 Å². The van der Waals surface area contributed by atoms with Crippen LogP contribution in [-0.2, 0) is 4.74 Å². The van der Waals surface area contributed by atoms with Crippen molar-refractivity contribution in [2.24, 2.45) is 0 Å². The van der Waals surface area contributed by atoms with Crippen LogP contribution in [0.3, 0.4) is 0 Å². The molecule has 0 fully saturated rings. The summed E-state index contributed by atoms with van der Waals surface area (Å²) in [5, 5.41) is 18.1. The number of alkyl halides is 2. The lowest BCUT2D eigenvalue weighted by atomic mass is 10.1. The topological polar surface area (TPSA) is 79.6 Å². The first-order chi connectivity index (χ1) is 8.49. The zero-order valence-electron chi connectivity index (χ0n) is 9.31. The molecule has 0 saturated heterocycles. The fraction of sp³-hybridized carbons (Fsp3) is 0.273. The van der Waals surface area contributed by atoms with Gasteiger partial charge in [-0.2, -0.15) is 14.0 Å². The van der Waals surface area contributed by atoms with Crippen molar-refractivity contribution in [1.29, 1.82) is 5.26 Å². The first-order valence-electron chi connectivity index (χ1n) is 4.88. The summed E-state index contributed by atoms with van der Waals surface area (Å²) >= 11 is 0. The first kappa shape index (κ1) is 13.7. The average molecular weight is 257 g/mol. The van der Waals surface area contributed by atoms with Gasteiger partial charge >= 0.3 is 12.6 Å². The van der Waals surface area contributed by atoms with Crippen LogP contribution in [-0.4, -0.2) is 24.3 Å². The average Bonchev–Trinajstić information content (AvgIpc) is 2.31.